The molecule has 0 spiro atoms. The SMILES string of the molecule is O=C(NCCc1ccccn1)c1ccc(CN2C(=O)CSc3ccccc32)cc1. The lowest BCUT2D eigenvalue weighted by molar-refractivity contribution is -0.116. The van der Waals surface area contributed by atoms with Crippen LogP contribution in [0.4, 0.5) is 5.69 Å². The van der Waals surface area contributed by atoms with E-state index in [1.54, 1.807) is 30.1 Å². The van der Waals surface area contributed by atoms with Crippen LogP contribution < -0.4 is 10.2 Å². The molecule has 0 saturated heterocycles. The highest BCUT2D eigenvalue weighted by Gasteiger charge is 2.24. The minimum absolute atomic E-state index is 0.102. The Labute approximate surface area is 174 Å². The molecular formula is C23H21N3O2S. The Morgan fingerprint density at radius 2 is 1.83 bits per heavy atom. The lowest BCUT2D eigenvalue weighted by Gasteiger charge is -2.29. The van der Waals surface area contributed by atoms with E-state index in [0.717, 1.165) is 21.8 Å². The van der Waals surface area contributed by atoms with Gasteiger partial charge in [-0.3, -0.25) is 14.6 Å². The van der Waals surface area contributed by atoms with Gasteiger partial charge in [-0.25, -0.2) is 0 Å². The van der Waals surface area contributed by atoms with Crippen LogP contribution >= 0.6 is 11.8 Å². The van der Waals surface area contributed by atoms with Gasteiger partial charge >= 0.3 is 0 Å². The maximum atomic E-state index is 12.4. The van der Waals surface area contributed by atoms with Gasteiger partial charge in [0.1, 0.15) is 0 Å². The number of para-hydroxylation sites is 1. The van der Waals surface area contributed by atoms with Crippen molar-refractivity contribution in [1.29, 1.82) is 0 Å². The molecule has 0 aliphatic carbocycles. The fourth-order valence-electron chi connectivity index (χ4n) is 3.22. The van der Waals surface area contributed by atoms with E-state index in [1.165, 1.54) is 0 Å². The first-order valence-electron chi connectivity index (χ1n) is 9.50. The molecule has 0 bridgehead atoms. The summed E-state index contributed by atoms with van der Waals surface area (Å²) in [6, 6.07) is 21.1. The molecule has 1 aliphatic heterocycles. The average molecular weight is 404 g/mol. The number of hydrogen-bond donors (Lipinski definition) is 1. The van der Waals surface area contributed by atoms with Crippen molar-refractivity contribution < 1.29 is 9.59 Å². The van der Waals surface area contributed by atoms with E-state index in [9.17, 15) is 9.59 Å². The number of carbonyl (C=O) groups is 2. The molecule has 29 heavy (non-hydrogen) atoms. The van der Waals surface area contributed by atoms with Crippen molar-refractivity contribution in [3.63, 3.8) is 0 Å². The average Bonchev–Trinajstić information content (AvgIpc) is 2.77. The van der Waals surface area contributed by atoms with Crippen LogP contribution in [0.2, 0.25) is 0 Å². The van der Waals surface area contributed by atoms with Gasteiger partial charge in [-0.05, 0) is 42.0 Å². The fraction of sp³-hybridized carbons (Fsp3) is 0.174. The number of nitrogens with one attached hydrogen (secondary N) is 1. The van der Waals surface area contributed by atoms with Gasteiger partial charge in [0.15, 0.2) is 0 Å². The number of anilines is 1. The van der Waals surface area contributed by atoms with Gasteiger partial charge in [0, 0.05) is 35.3 Å². The molecule has 0 fully saturated rings. The van der Waals surface area contributed by atoms with Crippen LogP contribution in [0.15, 0.2) is 77.8 Å². The van der Waals surface area contributed by atoms with Gasteiger partial charge in [-0.1, -0.05) is 30.3 Å². The normalized spacial score (nSPS) is 13.1. The third kappa shape index (κ3) is 4.66. The zero-order valence-electron chi connectivity index (χ0n) is 15.9. The molecule has 0 unspecified atom stereocenters. The number of carbonyl (C=O) groups excluding carboxylic acids is 2. The Kier molecular flexibility index (Phi) is 5.91. The van der Waals surface area contributed by atoms with E-state index in [2.05, 4.69) is 10.3 Å². The van der Waals surface area contributed by atoms with Crippen LogP contribution in [0.1, 0.15) is 21.6 Å². The second-order valence-electron chi connectivity index (χ2n) is 6.76. The van der Waals surface area contributed by atoms with Crippen molar-refractivity contribution in [2.45, 2.75) is 17.9 Å². The number of amides is 2. The summed E-state index contributed by atoms with van der Waals surface area (Å²) < 4.78 is 0. The standard InChI is InChI=1S/C23H21N3O2S/c27-22-16-29-21-7-2-1-6-20(21)26(22)15-17-8-10-18(11-9-17)23(28)25-14-12-19-5-3-4-13-24-19/h1-11,13H,12,14-16H2,(H,25,28). The summed E-state index contributed by atoms with van der Waals surface area (Å²) in [6.07, 6.45) is 2.44. The fourth-order valence-corrected chi connectivity index (χ4v) is 4.16. The maximum absolute atomic E-state index is 12.4. The quantitative estimate of drug-likeness (QED) is 0.682. The van der Waals surface area contributed by atoms with Crippen molar-refractivity contribution in [2.75, 3.05) is 17.2 Å². The zero-order valence-corrected chi connectivity index (χ0v) is 16.7. The molecule has 2 heterocycles. The van der Waals surface area contributed by atoms with Crippen molar-refractivity contribution >= 4 is 29.3 Å². The molecule has 0 atom stereocenters. The first kappa shape index (κ1) is 19.2. The predicted octanol–water partition coefficient (Wildman–Crippen LogP) is 3.69. The van der Waals surface area contributed by atoms with Gasteiger partial charge in [0.05, 0.1) is 18.0 Å². The second-order valence-corrected chi connectivity index (χ2v) is 7.78. The molecule has 2 aromatic carbocycles. The minimum atomic E-state index is -0.108. The molecule has 1 aliphatic rings. The Hall–Kier alpha value is -3.12. The number of aromatic nitrogens is 1. The van der Waals surface area contributed by atoms with Gasteiger partial charge in [-0.2, -0.15) is 0 Å². The number of pyridine rings is 1. The lowest BCUT2D eigenvalue weighted by Crippen LogP contribution is -2.34. The summed E-state index contributed by atoms with van der Waals surface area (Å²) in [4.78, 5) is 31.9. The van der Waals surface area contributed by atoms with Crippen molar-refractivity contribution in [2.24, 2.45) is 0 Å². The van der Waals surface area contributed by atoms with E-state index in [0.29, 0.717) is 30.8 Å². The van der Waals surface area contributed by atoms with E-state index >= 15 is 0 Å². The monoisotopic (exact) mass is 403 g/mol. The molecule has 0 radical (unpaired) electrons. The highest BCUT2D eigenvalue weighted by Crippen LogP contribution is 2.35. The van der Waals surface area contributed by atoms with E-state index in [4.69, 9.17) is 0 Å². The summed E-state index contributed by atoms with van der Waals surface area (Å²) in [5, 5.41) is 2.92. The van der Waals surface area contributed by atoms with Gasteiger partial charge < -0.3 is 10.2 Å². The molecule has 146 valence electrons. The number of hydrogen-bond acceptors (Lipinski definition) is 4. The first-order valence-corrected chi connectivity index (χ1v) is 10.5. The number of benzene rings is 2. The Morgan fingerprint density at radius 1 is 1.03 bits per heavy atom. The van der Waals surface area contributed by atoms with E-state index < -0.39 is 0 Å². The number of fused-ring (bicyclic) bond motifs is 1. The molecular weight excluding hydrogens is 382 g/mol. The Balaban J connectivity index is 1.37. The van der Waals surface area contributed by atoms with Crippen LogP contribution in [-0.4, -0.2) is 29.1 Å². The first-order chi connectivity index (χ1) is 14.2. The zero-order chi connectivity index (χ0) is 20.1. The Morgan fingerprint density at radius 3 is 2.62 bits per heavy atom. The van der Waals surface area contributed by atoms with Crippen LogP contribution in [0.5, 0.6) is 0 Å². The van der Waals surface area contributed by atoms with Crippen LogP contribution in [0.3, 0.4) is 0 Å². The summed E-state index contributed by atoms with van der Waals surface area (Å²) >= 11 is 1.57. The van der Waals surface area contributed by atoms with Crippen molar-refractivity contribution in [3.05, 3.63) is 89.7 Å². The van der Waals surface area contributed by atoms with Crippen LogP contribution in [0.25, 0.3) is 0 Å². The van der Waals surface area contributed by atoms with Crippen molar-refractivity contribution in [3.8, 4) is 0 Å². The topological polar surface area (TPSA) is 62.3 Å². The number of thioether (sulfide) groups is 1. The predicted molar refractivity (Wildman–Crippen MR) is 115 cm³/mol. The van der Waals surface area contributed by atoms with E-state index in [-0.39, 0.29) is 11.8 Å². The third-order valence-electron chi connectivity index (χ3n) is 4.76. The van der Waals surface area contributed by atoms with Gasteiger partial charge in [0.25, 0.3) is 5.91 Å². The van der Waals surface area contributed by atoms with Gasteiger partial charge in [0.2, 0.25) is 5.91 Å². The summed E-state index contributed by atoms with van der Waals surface area (Å²) in [5.41, 5.74) is 3.50. The Bertz CT molecular complexity index is 1010. The largest absolute Gasteiger partial charge is 0.352 e. The van der Waals surface area contributed by atoms with Crippen molar-refractivity contribution in [1.82, 2.24) is 10.3 Å². The smallest absolute Gasteiger partial charge is 0.251 e. The number of rotatable bonds is 6. The summed E-state index contributed by atoms with van der Waals surface area (Å²) in [6.45, 7) is 1.03. The third-order valence-corrected chi connectivity index (χ3v) is 5.81. The minimum Gasteiger partial charge on any atom is -0.352 e. The molecule has 2 amide bonds. The molecule has 3 aromatic rings. The van der Waals surface area contributed by atoms with Gasteiger partial charge in [-0.15, -0.1) is 11.8 Å². The van der Waals surface area contributed by atoms with Crippen LogP contribution in [0, 0.1) is 0 Å². The van der Waals surface area contributed by atoms with E-state index in [1.807, 2.05) is 59.5 Å². The summed E-state index contributed by atoms with van der Waals surface area (Å²) in [5.74, 6) is 0.446. The molecule has 1 aromatic heterocycles. The highest BCUT2D eigenvalue weighted by atomic mass is 32.2. The molecule has 5 nitrogen and oxygen atoms in total. The molecule has 4 rings (SSSR count). The number of nitrogens with zero attached hydrogens (tertiary/aromatic N) is 2. The maximum Gasteiger partial charge on any atom is 0.251 e. The lowest BCUT2D eigenvalue weighted by atomic mass is 10.1. The molecule has 0 saturated carbocycles. The summed E-state index contributed by atoms with van der Waals surface area (Å²) in [7, 11) is 0. The molecule has 1 N–H and O–H groups in total. The van der Waals surface area contributed by atoms with Crippen LogP contribution in [-0.2, 0) is 17.8 Å². The molecule has 6 heteroatoms. The second kappa shape index (κ2) is 8.92. The highest BCUT2D eigenvalue weighted by molar-refractivity contribution is 8.00.